The molecule has 0 bridgehead atoms. The monoisotopic (exact) mass is 235 g/mol. The van der Waals surface area contributed by atoms with Crippen molar-refractivity contribution in [2.75, 3.05) is 0 Å². The fraction of sp³-hybridized carbons (Fsp3) is 0.615. The Balaban J connectivity index is 1.94. The van der Waals surface area contributed by atoms with E-state index in [9.17, 15) is 4.79 Å². The van der Waals surface area contributed by atoms with E-state index in [0.29, 0.717) is 6.54 Å². The molecule has 1 saturated carbocycles. The van der Waals surface area contributed by atoms with Crippen molar-refractivity contribution in [3.8, 4) is 0 Å². The topological polar surface area (TPSA) is 60.1 Å². The number of carbonyl (C=O) groups excluding carboxylic acids is 1. The van der Waals surface area contributed by atoms with Gasteiger partial charge in [0.25, 0.3) is 0 Å². The first kappa shape index (κ1) is 12.2. The maximum atomic E-state index is 12.0. The van der Waals surface area contributed by atoms with Crippen LogP contribution in [0.1, 0.15) is 37.1 Å². The van der Waals surface area contributed by atoms with Gasteiger partial charge in [-0.2, -0.15) is 0 Å². The van der Waals surface area contributed by atoms with E-state index in [2.05, 4.69) is 16.0 Å². The second-order valence-electron chi connectivity index (χ2n) is 5.07. The first-order valence-corrected chi connectivity index (χ1v) is 6.21. The molecule has 0 radical (unpaired) electrons. The molecule has 1 heterocycles. The molecule has 0 aliphatic heterocycles. The summed E-state index contributed by atoms with van der Waals surface area (Å²) in [5.41, 5.74) is 7.77. The molecule has 1 amide bonds. The van der Waals surface area contributed by atoms with Crippen LogP contribution in [0.15, 0.2) is 12.1 Å². The van der Waals surface area contributed by atoms with Gasteiger partial charge in [-0.05, 0) is 31.9 Å². The van der Waals surface area contributed by atoms with Crippen LogP contribution in [0.4, 0.5) is 0 Å². The smallest absolute Gasteiger partial charge is 0.240 e. The van der Waals surface area contributed by atoms with Crippen LogP contribution in [0.25, 0.3) is 0 Å². The molecule has 4 heteroatoms. The predicted molar refractivity (Wildman–Crippen MR) is 67.4 cm³/mol. The number of nitrogens with zero attached hydrogens (tertiary/aromatic N) is 1. The molecule has 0 saturated heterocycles. The normalized spacial score (nSPS) is 18.3. The number of hydrogen-bond donors (Lipinski definition) is 2. The number of amides is 1. The zero-order valence-corrected chi connectivity index (χ0v) is 10.6. The number of nitrogens with two attached hydrogens (primary N) is 1. The van der Waals surface area contributed by atoms with E-state index in [0.717, 1.165) is 31.4 Å². The van der Waals surface area contributed by atoms with Crippen molar-refractivity contribution in [2.24, 2.45) is 12.8 Å². The van der Waals surface area contributed by atoms with Gasteiger partial charge in [0, 0.05) is 18.4 Å². The lowest BCUT2D eigenvalue weighted by atomic mass is 9.98. The molecule has 0 unspecified atom stereocenters. The van der Waals surface area contributed by atoms with Gasteiger partial charge in [0.05, 0.1) is 12.1 Å². The summed E-state index contributed by atoms with van der Waals surface area (Å²) in [6, 6.07) is 4.09. The third-order valence-electron chi connectivity index (χ3n) is 3.85. The summed E-state index contributed by atoms with van der Waals surface area (Å²) >= 11 is 0. The molecule has 0 spiro atoms. The van der Waals surface area contributed by atoms with Gasteiger partial charge in [-0.15, -0.1) is 0 Å². The van der Waals surface area contributed by atoms with Crippen LogP contribution in [0.5, 0.6) is 0 Å². The van der Waals surface area contributed by atoms with E-state index >= 15 is 0 Å². The lowest BCUT2D eigenvalue weighted by molar-refractivity contribution is -0.126. The molecule has 2 rings (SSSR count). The molecule has 1 aromatic rings. The van der Waals surface area contributed by atoms with Crippen LogP contribution in [0.2, 0.25) is 0 Å². The van der Waals surface area contributed by atoms with Gasteiger partial charge in [-0.3, -0.25) is 4.79 Å². The van der Waals surface area contributed by atoms with Crippen molar-refractivity contribution >= 4 is 5.91 Å². The van der Waals surface area contributed by atoms with Gasteiger partial charge in [-0.1, -0.05) is 12.8 Å². The Hall–Kier alpha value is -1.29. The standard InChI is InChI=1S/C13H21N3O/c1-10-5-6-11(16(10)2)9-15-12(17)13(14)7-3-4-8-13/h5-6H,3-4,7-9,14H2,1-2H3,(H,15,17). The van der Waals surface area contributed by atoms with Crippen molar-refractivity contribution < 1.29 is 4.79 Å². The molecule has 94 valence electrons. The number of aryl methyl sites for hydroxylation is 1. The fourth-order valence-corrected chi connectivity index (χ4v) is 2.42. The van der Waals surface area contributed by atoms with Crippen molar-refractivity contribution in [1.29, 1.82) is 0 Å². The highest BCUT2D eigenvalue weighted by molar-refractivity contribution is 5.86. The highest BCUT2D eigenvalue weighted by atomic mass is 16.2. The third-order valence-corrected chi connectivity index (χ3v) is 3.85. The van der Waals surface area contributed by atoms with Crippen LogP contribution < -0.4 is 11.1 Å². The number of carbonyl (C=O) groups is 1. The average Bonchev–Trinajstić information content (AvgIpc) is 2.87. The van der Waals surface area contributed by atoms with Gasteiger partial charge in [0.15, 0.2) is 0 Å². The molecule has 4 nitrogen and oxygen atoms in total. The molecule has 1 aliphatic carbocycles. The van der Waals surface area contributed by atoms with Crippen LogP contribution in [0, 0.1) is 6.92 Å². The molecular formula is C13H21N3O. The summed E-state index contributed by atoms with van der Waals surface area (Å²) in [6.45, 7) is 2.61. The highest BCUT2D eigenvalue weighted by Gasteiger charge is 2.36. The Labute approximate surface area is 102 Å². The SMILES string of the molecule is Cc1ccc(CNC(=O)C2(N)CCCC2)n1C. The molecule has 0 aromatic carbocycles. The molecular weight excluding hydrogens is 214 g/mol. The largest absolute Gasteiger partial charge is 0.350 e. The molecule has 0 atom stereocenters. The van der Waals surface area contributed by atoms with Gasteiger partial charge in [0.2, 0.25) is 5.91 Å². The van der Waals surface area contributed by atoms with Gasteiger partial charge in [-0.25, -0.2) is 0 Å². The maximum Gasteiger partial charge on any atom is 0.240 e. The number of rotatable bonds is 3. The Morgan fingerprint density at radius 3 is 2.65 bits per heavy atom. The van der Waals surface area contributed by atoms with Crippen LogP contribution >= 0.6 is 0 Å². The summed E-state index contributed by atoms with van der Waals surface area (Å²) in [7, 11) is 2.00. The van der Waals surface area contributed by atoms with Crippen LogP contribution in [-0.2, 0) is 18.4 Å². The predicted octanol–water partition coefficient (Wildman–Crippen LogP) is 1.22. The van der Waals surface area contributed by atoms with Crippen LogP contribution in [0.3, 0.4) is 0 Å². The number of nitrogens with one attached hydrogen (secondary N) is 1. The third kappa shape index (κ3) is 2.36. The lowest BCUT2D eigenvalue weighted by Crippen LogP contribution is -2.51. The number of aromatic nitrogens is 1. The fourth-order valence-electron chi connectivity index (χ4n) is 2.42. The molecule has 1 aliphatic rings. The number of hydrogen-bond acceptors (Lipinski definition) is 2. The minimum absolute atomic E-state index is 0.00569. The van der Waals surface area contributed by atoms with E-state index in [1.807, 2.05) is 20.0 Å². The minimum atomic E-state index is -0.625. The Morgan fingerprint density at radius 1 is 1.47 bits per heavy atom. The van der Waals surface area contributed by atoms with Gasteiger partial charge in [0.1, 0.15) is 0 Å². The second-order valence-corrected chi connectivity index (χ2v) is 5.07. The first-order chi connectivity index (χ1) is 8.03. The summed E-state index contributed by atoms with van der Waals surface area (Å²) in [5, 5.41) is 2.95. The van der Waals surface area contributed by atoms with E-state index in [1.165, 1.54) is 5.69 Å². The van der Waals surface area contributed by atoms with E-state index in [1.54, 1.807) is 0 Å². The Kier molecular flexibility index (Phi) is 3.24. The lowest BCUT2D eigenvalue weighted by Gasteiger charge is -2.22. The summed E-state index contributed by atoms with van der Waals surface area (Å²) in [5.74, 6) is -0.00569. The minimum Gasteiger partial charge on any atom is -0.350 e. The summed E-state index contributed by atoms with van der Waals surface area (Å²) in [6.07, 6.45) is 3.75. The molecule has 1 fully saturated rings. The van der Waals surface area contributed by atoms with Crippen LogP contribution in [-0.4, -0.2) is 16.0 Å². The van der Waals surface area contributed by atoms with E-state index in [4.69, 9.17) is 5.73 Å². The van der Waals surface area contributed by atoms with E-state index < -0.39 is 5.54 Å². The average molecular weight is 235 g/mol. The first-order valence-electron chi connectivity index (χ1n) is 6.21. The quantitative estimate of drug-likeness (QED) is 0.827. The highest BCUT2D eigenvalue weighted by Crippen LogP contribution is 2.27. The molecule has 17 heavy (non-hydrogen) atoms. The van der Waals surface area contributed by atoms with E-state index in [-0.39, 0.29) is 5.91 Å². The van der Waals surface area contributed by atoms with Crippen molar-refractivity contribution in [1.82, 2.24) is 9.88 Å². The Bertz CT molecular complexity index is 416. The second kappa shape index (κ2) is 4.53. The summed E-state index contributed by atoms with van der Waals surface area (Å²) < 4.78 is 2.08. The van der Waals surface area contributed by atoms with Crippen molar-refractivity contribution in [3.63, 3.8) is 0 Å². The molecule has 3 N–H and O–H groups in total. The zero-order valence-electron chi connectivity index (χ0n) is 10.6. The van der Waals surface area contributed by atoms with Gasteiger partial charge >= 0.3 is 0 Å². The van der Waals surface area contributed by atoms with Gasteiger partial charge < -0.3 is 15.6 Å². The summed E-state index contributed by atoms with van der Waals surface area (Å²) in [4.78, 5) is 12.0. The maximum absolute atomic E-state index is 12.0. The zero-order chi connectivity index (χ0) is 12.5. The van der Waals surface area contributed by atoms with Crippen molar-refractivity contribution in [2.45, 2.75) is 44.7 Å². The Morgan fingerprint density at radius 2 is 2.12 bits per heavy atom. The molecule has 1 aromatic heterocycles. The van der Waals surface area contributed by atoms with Crippen molar-refractivity contribution in [3.05, 3.63) is 23.5 Å².